The summed E-state index contributed by atoms with van der Waals surface area (Å²) in [5.74, 6) is 2.70. The molecule has 2 heterocycles. The monoisotopic (exact) mass is 502 g/mol. The van der Waals surface area contributed by atoms with E-state index in [1.54, 1.807) is 7.11 Å². The predicted molar refractivity (Wildman–Crippen MR) is 147 cm³/mol. The van der Waals surface area contributed by atoms with Crippen LogP contribution in [0, 0.1) is 0 Å². The molecule has 5 rings (SSSR count). The first-order valence-electron chi connectivity index (χ1n) is 13.4. The Hall–Kier alpha value is -3.22. The Labute approximate surface area is 220 Å². The van der Waals surface area contributed by atoms with E-state index in [0.29, 0.717) is 19.8 Å². The van der Waals surface area contributed by atoms with E-state index in [0.717, 1.165) is 49.1 Å². The zero-order valence-electron chi connectivity index (χ0n) is 21.8. The number of hydrogen-bond acceptors (Lipinski definition) is 6. The van der Waals surface area contributed by atoms with Gasteiger partial charge in [0.25, 0.3) is 0 Å². The highest BCUT2D eigenvalue weighted by atomic mass is 16.5. The summed E-state index contributed by atoms with van der Waals surface area (Å²) >= 11 is 0. The molecular formula is C31H38N2O4. The minimum absolute atomic E-state index is 0.233. The summed E-state index contributed by atoms with van der Waals surface area (Å²) in [5.41, 5.74) is 3.65. The summed E-state index contributed by atoms with van der Waals surface area (Å²) in [7, 11) is 1.70. The van der Waals surface area contributed by atoms with E-state index in [-0.39, 0.29) is 6.04 Å². The fourth-order valence-corrected chi connectivity index (χ4v) is 5.11. The van der Waals surface area contributed by atoms with Gasteiger partial charge in [-0.25, -0.2) is 0 Å². The number of para-hydroxylation sites is 2. The number of hydrogen-bond donors (Lipinski definition) is 0. The van der Waals surface area contributed by atoms with Crippen LogP contribution in [0.3, 0.4) is 0 Å². The fraction of sp³-hybridized carbons (Fsp3) is 0.419. The van der Waals surface area contributed by atoms with E-state index in [2.05, 4.69) is 64.4 Å². The molecule has 0 aliphatic carbocycles. The quantitative estimate of drug-likeness (QED) is 0.317. The number of fused-ring (bicyclic) bond motifs is 1. The summed E-state index contributed by atoms with van der Waals surface area (Å²) in [6.45, 7) is 6.88. The van der Waals surface area contributed by atoms with E-state index in [9.17, 15) is 0 Å². The average Bonchev–Trinajstić information content (AvgIpc) is 3.47. The standard InChI is InChI=1S/C31H38N2O4/c1-34-28-12-8-25(9-13-28)22-27-24-37-31-7-3-2-6-30(31)33(27)23-26-10-14-29(15-11-26)36-21-20-35-19-18-32-16-4-5-17-32/h2-3,6-15,27H,4-5,16-24H2,1H3/t27-/m0/s1. The van der Waals surface area contributed by atoms with Gasteiger partial charge in [0, 0.05) is 13.1 Å². The topological polar surface area (TPSA) is 43.4 Å². The van der Waals surface area contributed by atoms with Crippen molar-refractivity contribution in [2.45, 2.75) is 31.8 Å². The molecule has 0 spiro atoms. The van der Waals surface area contributed by atoms with Gasteiger partial charge in [-0.3, -0.25) is 0 Å². The van der Waals surface area contributed by atoms with Crippen molar-refractivity contribution in [2.75, 3.05) is 58.1 Å². The minimum atomic E-state index is 0.233. The third kappa shape index (κ3) is 6.96. The van der Waals surface area contributed by atoms with Crippen molar-refractivity contribution < 1.29 is 18.9 Å². The maximum absolute atomic E-state index is 6.14. The number of methoxy groups -OCH3 is 1. The number of nitrogens with zero attached hydrogens (tertiary/aromatic N) is 2. The maximum Gasteiger partial charge on any atom is 0.142 e. The molecule has 0 radical (unpaired) electrons. The van der Waals surface area contributed by atoms with Crippen LogP contribution in [-0.2, 0) is 17.7 Å². The van der Waals surface area contributed by atoms with Gasteiger partial charge in [-0.1, -0.05) is 36.4 Å². The first-order chi connectivity index (χ1) is 18.3. The van der Waals surface area contributed by atoms with Gasteiger partial charge < -0.3 is 28.7 Å². The van der Waals surface area contributed by atoms with Crippen molar-refractivity contribution in [1.82, 2.24) is 4.90 Å². The summed E-state index contributed by atoms with van der Waals surface area (Å²) in [6.07, 6.45) is 3.54. The zero-order chi connectivity index (χ0) is 25.3. The normalized spacial score (nSPS) is 17.3. The van der Waals surface area contributed by atoms with E-state index >= 15 is 0 Å². The number of likely N-dealkylation sites (tertiary alicyclic amines) is 1. The Morgan fingerprint density at radius 3 is 2.32 bits per heavy atom. The van der Waals surface area contributed by atoms with Gasteiger partial charge in [0.05, 0.1) is 32.1 Å². The highest BCUT2D eigenvalue weighted by molar-refractivity contribution is 5.61. The molecule has 1 atom stereocenters. The molecule has 2 aliphatic rings. The van der Waals surface area contributed by atoms with Crippen LogP contribution >= 0.6 is 0 Å². The lowest BCUT2D eigenvalue weighted by Gasteiger charge is -2.39. The largest absolute Gasteiger partial charge is 0.497 e. The highest BCUT2D eigenvalue weighted by Gasteiger charge is 2.27. The summed E-state index contributed by atoms with van der Waals surface area (Å²) in [6, 6.07) is 25.3. The highest BCUT2D eigenvalue weighted by Crippen LogP contribution is 2.36. The lowest BCUT2D eigenvalue weighted by atomic mass is 10.0. The van der Waals surface area contributed by atoms with E-state index in [4.69, 9.17) is 18.9 Å². The summed E-state index contributed by atoms with van der Waals surface area (Å²) < 4.78 is 23.1. The maximum atomic E-state index is 6.14. The molecule has 0 aromatic heterocycles. The number of benzene rings is 3. The predicted octanol–water partition coefficient (Wildman–Crippen LogP) is 5.20. The van der Waals surface area contributed by atoms with Gasteiger partial charge in [-0.15, -0.1) is 0 Å². The second-order valence-corrected chi connectivity index (χ2v) is 9.77. The van der Waals surface area contributed by atoms with Gasteiger partial charge in [-0.2, -0.15) is 0 Å². The molecule has 1 saturated heterocycles. The molecule has 37 heavy (non-hydrogen) atoms. The molecule has 3 aromatic carbocycles. The van der Waals surface area contributed by atoms with E-state index in [1.165, 1.54) is 37.1 Å². The smallest absolute Gasteiger partial charge is 0.142 e. The molecule has 1 fully saturated rings. The number of anilines is 1. The van der Waals surface area contributed by atoms with Gasteiger partial charge >= 0.3 is 0 Å². The van der Waals surface area contributed by atoms with Crippen molar-refractivity contribution in [3.05, 3.63) is 83.9 Å². The zero-order valence-corrected chi connectivity index (χ0v) is 21.8. The first-order valence-corrected chi connectivity index (χ1v) is 13.4. The van der Waals surface area contributed by atoms with Crippen molar-refractivity contribution in [3.63, 3.8) is 0 Å². The Kier molecular flexibility index (Phi) is 8.82. The van der Waals surface area contributed by atoms with Crippen LogP contribution in [0.1, 0.15) is 24.0 Å². The molecule has 3 aromatic rings. The van der Waals surface area contributed by atoms with Crippen LogP contribution in [-0.4, -0.2) is 64.1 Å². The third-order valence-electron chi connectivity index (χ3n) is 7.20. The molecule has 0 saturated carbocycles. The molecule has 0 unspecified atom stereocenters. The lowest BCUT2D eigenvalue weighted by molar-refractivity contribution is 0.0846. The summed E-state index contributed by atoms with van der Waals surface area (Å²) in [5, 5.41) is 0. The molecule has 196 valence electrons. The van der Waals surface area contributed by atoms with Crippen LogP contribution in [0.25, 0.3) is 0 Å². The fourth-order valence-electron chi connectivity index (χ4n) is 5.11. The van der Waals surface area contributed by atoms with Crippen LogP contribution in [0.2, 0.25) is 0 Å². The Bertz CT molecular complexity index is 1100. The Morgan fingerprint density at radius 1 is 0.811 bits per heavy atom. The molecule has 0 amide bonds. The second-order valence-electron chi connectivity index (χ2n) is 9.77. The van der Waals surface area contributed by atoms with Crippen LogP contribution < -0.4 is 19.1 Å². The number of ether oxygens (including phenoxy) is 4. The second kappa shape index (κ2) is 12.8. The van der Waals surface area contributed by atoms with Crippen LogP contribution in [0.5, 0.6) is 17.2 Å². The summed E-state index contributed by atoms with van der Waals surface area (Å²) in [4.78, 5) is 4.93. The number of rotatable bonds is 12. The Balaban J connectivity index is 1.16. The van der Waals surface area contributed by atoms with Crippen molar-refractivity contribution in [2.24, 2.45) is 0 Å². The van der Waals surface area contributed by atoms with Crippen molar-refractivity contribution in [1.29, 1.82) is 0 Å². The molecule has 0 N–H and O–H groups in total. The Morgan fingerprint density at radius 2 is 1.54 bits per heavy atom. The molecule has 6 heteroatoms. The van der Waals surface area contributed by atoms with Gasteiger partial charge in [0.15, 0.2) is 0 Å². The van der Waals surface area contributed by atoms with E-state index in [1.807, 2.05) is 18.2 Å². The average molecular weight is 503 g/mol. The van der Waals surface area contributed by atoms with Gasteiger partial charge in [-0.05, 0) is 79.9 Å². The van der Waals surface area contributed by atoms with Crippen molar-refractivity contribution in [3.8, 4) is 17.2 Å². The first kappa shape index (κ1) is 25.4. The van der Waals surface area contributed by atoms with Gasteiger partial charge in [0.1, 0.15) is 30.5 Å². The molecule has 6 nitrogen and oxygen atoms in total. The minimum Gasteiger partial charge on any atom is -0.497 e. The van der Waals surface area contributed by atoms with Crippen LogP contribution in [0.4, 0.5) is 5.69 Å². The molecule has 2 aliphatic heterocycles. The molecular weight excluding hydrogens is 464 g/mol. The van der Waals surface area contributed by atoms with Crippen molar-refractivity contribution >= 4 is 5.69 Å². The van der Waals surface area contributed by atoms with Crippen LogP contribution in [0.15, 0.2) is 72.8 Å². The molecule has 0 bridgehead atoms. The van der Waals surface area contributed by atoms with E-state index < -0.39 is 0 Å². The van der Waals surface area contributed by atoms with Gasteiger partial charge in [0.2, 0.25) is 0 Å². The SMILES string of the molecule is COc1ccc(C[C@H]2COc3ccccc3N2Cc2ccc(OCCOCCN3CCCC3)cc2)cc1. The third-order valence-corrected chi connectivity index (χ3v) is 7.20. The lowest BCUT2D eigenvalue weighted by Crippen LogP contribution is -2.44.